The second-order valence-corrected chi connectivity index (χ2v) is 6.56. The maximum absolute atomic E-state index is 12.1. The zero-order chi connectivity index (χ0) is 16.7. The normalized spacial score (nSPS) is 13.0. The Morgan fingerprint density at radius 3 is 2.12 bits per heavy atom. The SMILES string of the molecule is CCc1ccc(C(CNC(=O)[C@@H](N)CC(C)C)N(C)C)cc1.Cl.Cl. The second-order valence-electron chi connectivity index (χ2n) is 6.56. The van der Waals surface area contributed by atoms with Gasteiger partial charge in [-0.3, -0.25) is 4.79 Å². The van der Waals surface area contributed by atoms with Crippen LogP contribution in [0, 0.1) is 5.92 Å². The highest BCUT2D eigenvalue weighted by Crippen LogP contribution is 2.18. The van der Waals surface area contributed by atoms with Crippen LogP contribution in [0.15, 0.2) is 24.3 Å². The molecule has 0 radical (unpaired) electrons. The zero-order valence-electron chi connectivity index (χ0n) is 15.4. The van der Waals surface area contributed by atoms with Gasteiger partial charge in [-0.1, -0.05) is 45.0 Å². The van der Waals surface area contributed by atoms with Gasteiger partial charge in [-0.25, -0.2) is 0 Å². The molecular weight excluding hydrogens is 345 g/mol. The fraction of sp³-hybridized carbons (Fsp3) is 0.611. The summed E-state index contributed by atoms with van der Waals surface area (Å²) < 4.78 is 0. The van der Waals surface area contributed by atoms with Crippen LogP contribution in [-0.4, -0.2) is 37.5 Å². The van der Waals surface area contributed by atoms with Gasteiger partial charge in [0.25, 0.3) is 0 Å². The highest BCUT2D eigenvalue weighted by Gasteiger charge is 2.19. The smallest absolute Gasteiger partial charge is 0.236 e. The third kappa shape index (κ3) is 8.34. The molecule has 0 saturated carbocycles. The molecule has 0 bridgehead atoms. The number of amides is 1. The van der Waals surface area contributed by atoms with Crippen LogP contribution in [-0.2, 0) is 11.2 Å². The summed E-state index contributed by atoms with van der Waals surface area (Å²) in [6.45, 7) is 6.87. The van der Waals surface area contributed by atoms with Crippen molar-refractivity contribution in [1.29, 1.82) is 0 Å². The van der Waals surface area contributed by atoms with E-state index in [1.807, 2.05) is 14.1 Å². The molecule has 140 valence electrons. The number of aryl methyl sites for hydroxylation is 1. The molecule has 0 aromatic heterocycles. The van der Waals surface area contributed by atoms with Gasteiger partial charge in [-0.15, -0.1) is 24.8 Å². The molecule has 0 heterocycles. The number of hydrogen-bond donors (Lipinski definition) is 2. The molecule has 1 aromatic rings. The number of hydrogen-bond acceptors (Lipinski definition) is 3. The first-order valence-electron chi connectivity index (χ1n) is 8.13. The Hall–Kier alpha value is -0.810. The Labute approximate surface area is 159 Å². The van der Waals surface area contributed by atoms with Gasteiger partial charge in [0.15, 0.2) is 0 Å². The van der Waals surface area contributed by atoms with Crippen LogP contribution in [0.25, 0.3) is 0 Å². The summed E-state index contributed by atoms with van der Waals surface area (Å²) in [6, 6.07) is 8.32. The Morgan fingerprint density at radius 2 is 1.71 bits per heavy atom. The van der Waals surface area contributed by atoms with Crippen molar-refractivity contribution >= 4 is 30.7 Å². The molecule has 4 nitrogen and oxygen atoms in total. The molecule has 0 aliphatic rings. The fourth-order valence-electron chi connectivity index (χ4n) is 2.52. The van der Waals surface area contributed by atoms with Gasteiger partial charge in [0, 0.05) is 6.54 Å². The van der Waals surface area contributed by atoms with E-state index in [0.717, 1.165) is 6.42 Å². The quantitative estimate of drug-likeness (QED) is 0.731. The van der Waals surface area contributed by atoms with Gasteiger partial charge in [0.2, 0.25) is 5.91 Å². The summed E-state index contributed by atoms with van der Waals surface area (Å²) in [6.07, 6.45) is 1.75. The van der Waals surface area contributed by atoms with Crippen molar-refractivity contribution in [2.75, 3.05) is 20.6 Å². The van der Waals surface area contributed by atoms with Crippen LogP contribution in [0.1, 0.15) is 44.4 Å². The topological polar surface area (TPSA) is 58.4 Å². The van der Waals surface area contributed by atoms with E-state index >= 15 is 0 Å². The summed E-state index contributed by atoms with van der Waals surface area (Å²) in [4.78, 5) is 14.2. The van der Waals surface area contributed by atoms with Crippen molar-refractivity contribution in [2.45, 2.75) is 45.7 Å². The first-order chi connectivity index (χ1) is 10.3. The van der Waals surface area contributed by atoms with Crippen molar-refractivity contribution in [3.05, 3.63) is 35.4 Å². The van der Waals surface area contributed by atoms with Crippen LogP contribution < -0.4 is 11.1 Å². The van der Waals surface area contributed by atoms with Gasteiger partial charge in [-0.05, 0) is 44.0 Å². The van der Waals surface area contributed by atoms with E-state index in [1.165, 1.54) is 11.1 Å². The first-order valence-corrected chi connectivity index (χ1v) is 8.13. The number of likely N-dealkylation sites (N-methyl/N-ethyl adjacent to an activating group) is 1. The molecule has 1 rings (SSSR count). The van der Waals surface area contributed by atoms with Gasteiger partial charge in [-0.2, -0.15) is 0 Å². The highest BCUT2D eigenvalue weighted by atomic mass is 35.5. The second kappa shape index (κ2) is 12.5. The summed E-state index contributed by atoms with van der Waals surface area (Å²) in [5.41, 5.74) is 8.46. The van der Waals surface area contributed by atoms with E-state index < -0.39 is 6.04 Å². The van der Waals surface area contributed by atoms with Gasteiger partial charge < -0.3 is 16.0 Å². The molecule has 2 atom stereocenters. The first kappa shape index (κ1) is 25.4. The van der Waals surface area contributed by atoms with Crippen molar-refractivity contribution in [3.63, 3.8) is 0 Å². The summed E-state index contributed by atoms with van der Waals surface area (Å²) in [5.74, 6) is 0.359. The zero-order valence-corrected chi connectivity index (χ0v) is 17.0. The maximum Gasteiger partial charge on any atom is 0.236 e. The molecule has 0 fully saturated rings. The summed E-state index contributed by atoms with van der Waals surface area (Å²) in [5, 5.41) is 2.99. The fourth-order valence-corrected chi connectivity index (χ4v) is 2.52. The molecule has 0 aliphatic carbocycles. The molecule has 0 aliphatic heterocycles. The lowest BCUT2D eigenvalue weighted by atomic mass is 10.0. The van der Waals surface area contributed by atoms with Crippen molar-refractivity contribution in [3.8, 4) is 0 Å². The van der Waals surface area contributed by atoms with Crippen LogP contribution in [0.3, 0.4) is 0 Å². The number of nitrogens with two attached hydrogens (primary N) is 1. The molecule has 6 heteroatoms. The predicted octanol–water partition coefficient (Wildman–Crippen LogP) is 3.18. The van der Waals surface area contributed by atoms with E-state index in [4.69, 9.17) is 5.73 Å². The van der Waals surface area contributed by atoms with Crippen molar-refractivity contribution in [2.24, 2.45) is 11.7 Å². The van der Waals surface area contributed by atoms with Crippen LogP contribution in [0.2, 0.25) is 0 Å². The Bertz CT molecular complexity index is 464. The Kier molecular flexibility index (Phi) is 13.3. The molecule has 1 aromatic carbocycles. The average Bonchev–Trinajstić information content (AvgIpc) is 2.46. The number of carbonyl (C=O) groups excluding carboxylic acids is 1. The van der Waals surface area contributed by atoms with E-state index in [-0.39, 0.29) is 36.8 Å². The number of halogens is 2. The molecule has 1 unspecified atom stereocenters. The molecule has 3 N–H and O–H groups in total. The number of rotatable bonds is 8. The minimum Gasteiger partial charge on any atom is -0.353 e. The van der Waals surface area contributed by atoms with E-state index in [9.17, 15) is 4.79 Å². The standard InChI is InChI=1S/C18H31N3O.2ClH/c1-6-14-7-9-15(10-8-14)17(21(4)5)12-20-18(22)16(19)11-13(2)3;;/h7-10,13,16-17H,6,11-12,19H2,1-5H3,(H,20,22);2*1H/t16-,17?;;/m0../s1. The van der Waals surface area contributed by atoms with E-state index in [0.29, 0.717) is 18.9 Å². The lowest BCUT2D eigenvalue weighted by Crippen LogP contribution is -2.44. The molecule has 24 heavy (non-hydrogen) atoms. The third-order valence-electron chi connectivity index (χ3n) is 3.93. The van der Waals surface area contributed by atoms with E-state index in [1.54, 1.807) is 0 Å². The number of carbonyl (C=O) groups is 1. The van der Waals surface area contributed by atoms with E-state index in [2.05, 4.69) is 55.3 Å². The van der Waals surface area contributed by atoms with Crippen LogP contribution >= 0.6 is 24.8 Å². The lowest BCUT2D eigenvalue weighted by Gasteiger charge is -2.26. The van der Waals surface area contributed by atoms with Gasteiger partial charge >= 0.3 is 0 Å². The van der Waals surface area contributed by atoms with Crippen molar-refractivity contribution < 1.29 is 4.79 Å². The monoisotopic (exact) mass is 377 g/mol. The number of benzene rings is 1. The molecule has 1 amide bonds. The Morgan fingerprint density at radius 1 is 1.17 bits per heavy atom. The summed E-state index contributed by atoms with van der Waals surface area (Å²) >= 11 is 0. The average molecular weight is 378 g/mol. The number of nitrogens with one attached hydrogen (secondary N) is 1. The highest BCUT2D eigenvalue weighted by molar-refractivity contribution is 5.85. The van der Waals surface area contributed by atoms with Gasteiger partial charge in [0.1, 0.15) is 0 Å². The lowest BCUT2D eigenvalue weighted by molar-refractivity contribution is -0.122. The van der Waals surface area contributed by atoms with Gasteiger partial charge in [0.05, 0.1) is 12.1 Å². The van der Waals surface area contributed by atoms with Crippen LogP contribution in [0.5, 0.6) is 0 Å². The third-order valence-corrected chi connectivity index (χ3v) is 3.93. The van der Waals surface area contributed by atoms with Crippen LogP contribution in [0.4, 0.5) is 0 Å². The molecule has 0 spiro atoms. The van der Waals surface area contributed by atoms with Crippen molar-refractivity contribution in [1.82, 2.24) is 10.2 Å². The summed E-state index contributed by atoms with van der Waals surface area (Å²) in [7, 11) is 4.05. The molecule has 0 saturated heterocycles. The minimum atomic E-state index is -0.426. The largest absolute Gasteiger partial charge is 0.353 e. The maximum atomic E-state index is 12.1. The molecular formula is C18H33Cl2N3O. The number of nitrogens with zero attached hydrogens (tertiary/aromatic N) is 1. The predicted molar refractivity (Wildman–Crippen MR) is 107 cm³/mol. The minimum absolute atomic E-state index is 0. The Balaban J connectivity index is 0.